The van der Waals surface area contributed by atoms with E-state index in [1.807, 2.05) is 13.8 Å². The molecule has 2 unspecified atom stereocenters. The summed E-state index contributed by atoms with van der Waals surface area (Å²) in [6.07, 6.45) is -3.90. The minimum atomic E-state index is -4.49. The van der Waals surface area contributed by atoms with Crippen molar-refractivity contribution >= 4 is 0 Å². The number of hydrogen-bond acceptors (Lipinski definition) is 3. The first kappa shape index (κ1) is 20.0. The molecule has 0 heterocycles. The quantitative estimate of drug-likeness (QED) is 0.676. The molecule has 1 aromatic rings. The largest absolute Gasteiger partial charge is 0.461 e. The minimum absolute atomic E-state index is 0.189. The smallest absolute Gasteiger partial charge is 0.428 e. The molecule has 0 spiro atoms. The molecule has 0 aromatic heterocycles. The van der Waals surface area contributed by atoms with Crippen LogP contribution in [0, 0.1) is 0 Å². The number of hydrogen-bond donors (Lipinski definition) is 1. The summed E-state index contributed by atoms with van der Waals surface area (Å²) in [6, 6.07) is 6.14. The molecule has 0 bridgehead atoms. The highest BCUT2D eigenvalue weighted by atomic mass is 19.3. The fourth-order valence-electron chi connectivity index (χ4n) is 3.02. The van der Waals surface area contributed by atoms with E-state index < -0.39 is 12.5 Å². The number of rotatable bonds is 8. The molecule has 2 atom stereocenters. The van der Waals surface area contributed by atoms with E-state index in [1.54, 1.807) is 6.07 Å². The van der Waals surface area contributed by atoms with Crippen molar-refractivity contribution in [2.24, 2.45) is 0 Å². The van der Waals surface area contributed by atoms with Crippen LogP contribution in [0.4, 0.5) is 17.6 Å². The maximum Gasteiger partial charge on any atom is 0.461 e. The van der Waals surface area contributed by atoms with Crippen molar-refractivity contribution in [3.63, 3.8) is 0 Å². The first-order valence-electron chi connectivity index (χ1n) is 8.59. The highest BCUT2D eigenvalue weighted by molar-refractivity contribution is 5.28. The molecule has 1 aromatic carbocycles. The lowest BCUT2D eigenvalue weighted by atomic mass is 9.92. The van der Waals surface area contributed by atoms with Gasteiger partial charge in [-0.1, -0.05) is 12.1 Å². The number of ether oxygens (including phenoxy) is 2. The minimum Gasteiger partial charge on any atom is -0.428 e. The van der Waals surface area contributed by atoms with Gasteiger partial charge in [-0.15, -0.1) is 0 Å². The Balaban J connectivity index is 1.87. The van der Waals surface area contributed by atoms with E-state index in [9.17, 15) is 17.6 Å². The molecule has 0 aliphatic heterocycles. The average molecular weight is 363 g/mol. The van der Waals surface area contributed by atoms with Crippen LogP contribution in [-0.2, 0) is 11.3 Å². The van der Waals surface area contributed by atoms with Crippen LogP contribution in [0.3, 0.4) is 0 Å². The Kier molecular flexibility index (Phi) is 7.07. The summed E-state index contributed by atoms with van der Waals surface area (Å²) in [5.41, 5.74) is 0.703. The molecular formula is C18H25F4NO2. The summed E-state index contributed by atoms with van der Waals surface area (Å²) in [5, 5.41) is 3.38. The van der Waals surface area contributed by atoms with Crippen LogP contribution >= 0.6 is 0 Å². The number of benzene rings is 1. The fourth-order valence-corrected chi connectivity index (χ4v) is 3.02. The molecule has 0 saturated heterocycles. The van der Waals surface area contributed by atoms with Crippen molar-refractivity contribution in [1.82, 2.24) is 5.32 Å². The van der Waals surface area contributed by atoms with E-state index in [2.05, 4.69) is 10.1 Å². The third-order valence-corrected chi connectivity index (χ3v) is 4.09. The molecule has 1 aliphatic rings. The normalized spacial score (nSPS) is 21.8. The van der Waals surface area contributed by atoms with E-state index in [4.69, 9.17) is 4.74 Å². The number of halogens is 4. The molecule has 1 aliphatic carbocycles. The predicted octanol–water partition coefficient (Wildman–Crippen LogP) is 4.75. The maximum absolute atomic E-state index is 13.0. The lowest BCUT2D eigenvalue weighted by Gasteiger charge is -2.31. The van der Waals surface area contributed by atoms with Gasteiger partial charge in [-0.05, 0) is 57.2 Å². The molecule has 2 rings (SSSR count). The monoisotopic (exact) mass is 363 g/mol. The highest BCUT2D eigenvalue weighted by Crippen LogP contribution is 2.28. The Hall–Kier alpha value is -1.34. The zero-order valence-corrected chi connectivity index (χ0v) is 14.5. The molecule has 0 radical (unpaired) electrons. The van der Waals surface area contributed by atoms with Gasteiger partial charge in [0, 0.05) is 12.6 Å². The summed E-state index contributed by atoms with van der Waals surface area (Å²) >= 11 is 0. The van der Waals surface area contributed by atoms with Gasteiger partial charge in [0.25, 0.3) is 0 Å². The first-order chi connectivity index (χ1) is 11.8. The molecule has 142 valence electrons. The van der Waals surface area contributed by atoms with Crippen molar-refractivity contribution in [1.29, 1.82) is 0 Å². The van der Waals surface area contributed by atoms with E-state index in [-0.39, 0.29) is 24.0 Å². The molecule has 1 saturated carbocycles. The number of alkyl halides is 4. The molecule has 0 amide bonds. The molecule has 25 heavy (non-hydrogen) atoms. The summed E-state index contributed by atoms with van der Waals surface area (Å²) in [5.74, 6) is -0.269. The Morgan fingerprint density at radius 3 is 2.68 bits per heavy atom. The fraction of sp³-hybridized carbons (Fsp3) is 0.667. The zero-order valence-electron chi connectivity index (χ0n) is 14.5. The SMILES string of the molecule is CC(C)OC1CCCC(NCc2cccc(OC(F)(F)C(F)F)c2)C1. The predicted molar refractivity (Wildman–Crippen MR) is 87.1 cm³/mol. The highest BCUT2D eigenvalue weighted by Gasteiger charge is 2.43. The van der Waals surface area contributed by atoms with Gasteiger partial charge in [-0.2, -0.15) is 17.6 Å². The Bertz CT molecular complexity index is 540. The van der Waals surface area contributed by atoms with Crippen molar-refractivity contribution in [3.8, 4) is 5.75 Å². The molecule has 1 N–H and O–H groups in total. The van der Waals surface area contributed by atoms with E-state index >= 15 is 0 Å². The van der Waals surface area contributed by atoms with Gasteiger partial charge >= 0.3 is 12.5 Å². The first-order valence-corrected chi connectivity index (χ1v) is 8.59. The van der Waals surface area contributed by atoms with Crippen molar-refractivity contribution in [3.05, 3.63) is 29.8 Å². The standard InChI is InChI=1S/C18H25F4NO2/c1-12(2)24-15-7-4-6-14(10-15)23-11-13-5-3-8-16(9-13)25-18(21,22)17(19)20/h3,5,8-9,12,14-15,17,23H,4,6-7,10-11H2,1-2H3. The van der Waals surface area contributed by atoms with Crippen LogP contribution < -0.4 is 10.1 Å². The van der Waals surface area contributed by atoms with Crippen LogP contribution in [0.2, 0.25) is 0 Å². The molecule has 1 fully saturated rings. The van der Waals surface area contributed by atoms with Gasteiger partial charge in [0.15, 0.2) is 0 Å². The van der Waals surface area contributed by atoms with E-state index in [0.717, 1.165) is 25.7 Å². The van der Waals surface area contributed by atoms with Crippen LogP contribution in [-0.4, -0.2) is 30.8 Å². The van der Waals surface area contributed by atoms with Gasteiger partial charge < -0.3 is 14.8 Å². The third-order valence-electron chi connectivity index (χ3n) is 4.09. The average Bonchev–Trinajstić information content (AvgIpc) is 2.52. The van der Waals surface area contributed by atoms with Gasteiger partial charge in [-0.3, -0.25) is 0 Å². The zero-order chi connectivity index (χ0) is 18.4. The van der Waals surface area contributed by atoms with Crippen LogP contribution in [0.15, 0.2) is 24.3 Å². The lowest BCUT2D eigenvalue weighted by molar-refractivity contribution is -0.253. The van der Waals surface area contributed by atoms with E-state index in [1.165, 1.54) is 18.2 Å². The molecule has 3 nitrogen and oxygen atoms in total. The Labute approximate surface area is 145 Å². The third kappa shape index (κ3) is 6.47. The summed E-state index contributed by atoms with van der Waals surface area (Å²) < 4.78 is 60.4. The summed E-state index contributed by atoms with van der Waals surface area (Å²) in [6.45, 7) is 4.48. The molecule has 7 heteroatoms. The second-order valence-electron chi connectivity index (χ2n) is 6.66. The van der Waals surface area contributed by atoms with Gasteiger partial charge in [0.2, 0.25) is 0 Å². The van der Waals surface area contributed by atoms with Gasteiger partial charge in [0.1, 0.15) is 5.75 Å². The summed E-state index contributed by atoms with van der Waals surface area (Å²) in [4.78, 5) is 0. The Morgan fingerprint density at radius 2 is 2.00 bits per heavy atom. The molecular weight excluding hydrogens is 338 g/mol. The van der Waals surface area contributed by atoms with Gasteiger partial charge in [0.05, 0.1) is 12.2 Å². The van der Waals surface area contributed by atoms with Gasteiger partial charge in [-0.25, -0.2) is 0 Å². The van der Waals surface area contributed by atoms with Crippen molar-refractivity contribution < 1.29 is 27.0 Å². The van der Waals surface area contributed by atoms with Crippen LogP contribution in [0.5, 0.6) is 5.75 Å². The maximum atomic E-state index is 13.0. The lowest BCUT2D eigenvalue weighted by Crippen LogP contribution is -2.37. The number of nitrogens with one attached hydrogen (secondary N) is 1. The van der Waals surface area contributed by atoms with Crippen molar-refractivity contribution in [2.75, 3.05) is 0 Å². The van der Waals surface area contributed by atoms with Crippen LogP contribution in [0.25, 0.3) is 0 Å². The Morgan fingerprint density at radius 1 is 1.24 bits per heavy atom. The topological polar surface area (TPSA) is 30.5 Å². The van der Waals surface area contributed by atoms with Crippen molar-refractivity contribution in [2.45, 2.75) is 76.9 Å². The summed E-state index contributed by atoms with van der Waals surface area (Å²) in [7, 11) is 0. The second kappa shape index (κ2) is 8.85. The van der Waals surface area contributed by atoms with E-state index in [0.29, 0.717) is 12.1 Å². The van der Waals surface area contributed by atoms with Crippen LogP contribution in [0.1, 0.15) is 45.1 Å². The second-order valence-corrected chi connectivity index (χ2v) is 6.66.